The number of amides is 3. The monoisotopic (exact) mass is 301 g/mol. The van der Waals surface area contributed by atoms with E-state index in [9.17, 15) is 14.4 Å². The van der Waals surface area contributed by atoms with Crippen molar-refractivity contribution < 1.29 is 19.1 Å². The highest BCUT2D eigenvalue weighted by atomic mass is 35.5. The van der Waals surface area contributed by atoms with Gasteiger partial charge in [-0.3, -0.25) is 10.1 Å². The Bertz CT molecular complexity index is 458. The molecular formula is C12H16ClN3O4. The quantitative estimate of drug-likeness (QED) is 0.607. The molecule has 2 aliphatic rings. The lowest BCUT2D eigenvalue weighted by atomic mass is 10.0. The van der Waals surface area contributed by atoms with Gasteiger partial charge in [0.2, 0.25) is 0 Å². The van der Waals surface area contributed by atoms with Gasteiger partial charge in [-0.2, -0.15) is 0 Å². The van der Waals surface area contributed by atoms with Crippen LogP contribution >= 0.6 is 11.6 Å². The number of halogens is 1. The molecule has 20 heavy (non-hydrogen) atoms. The maximum atomic E-state index is 11.9. The van der Waals surface area contributed by atoms with Crippen LogP contribution in [0.5, 0.6) is 0 Å². The van der Waals surface area contributed by atoms with Gasteiger partial charge >= 0.3 is 12.1 Å². The smallest absolute Gasteiger partial charge is 0.409 e. The number of nitrogens with zero attached hydrogens (tertiary/aromatic N) is 2. The predicted octanol–water partition coefficient (Wildman–Crippen LogP) is 0.892. The van der Waals surface area contributed by atoms with Gasteiger partial charge < -0.3 is 14.5 Å². The Balaban J connectivity index is 1.99. The number of hydrogen-bond donors (Lipinski definition) is 1. The average Bonchev–Trinajstić information content (AvgIpc) is 2.47. The summed E-state index contributed by atoms with van der Waals surface area (Å²) in [6.45, 7) is 1.25. The van der Waals surface area contributed by atoms with Crippen molar-refractivity contribution in [3.8, 4) is 0 Å². The zero-order valence-corrected chi connectivity index (χ0v) is 11.9. The summed E-state index contributed by atoms with van der Waals surface area (Å²) >= 11 is 5.79. The van der Waals surface area contributed by atoms with Crippen LogP contribution in [-0.2, 0) is 9.53 Å². The van der Waals surface area contributed by atoms with Crippen LogP contribution < -0.4 is 5.32 Å². The number of rotatable bonds is 2. The summed E-state index contributed by atoms with van der Waals surface area (Å²) in [6.07, 6.45) is 1.58. The molecule has 0 radical (unpaired) electrons. The summed E-state index contributed by atoms with van der Waals surface area (Å²) in [6, 6.07) is -0.326. The SMILES string of the molecule is COC(=O)N1CCC(N2CC(C=O)=C(Cl)NC2=O)CC1. The van der Waals surface area contributed by atoms with E-state index in [0.29, 0.717) is 37.8 Å². The Labute approximate surface area is 121 Å². The van der Waals surface area contributed by atoms with Crippen molar-refractivity contribution in [2.24, 2.45) is 0 Å². The lowest BCUT2D eigenvalue weighted by Crippen LogP contribution is -2.54. The lowest BCUT2D eigenvalue weighted by molar-refractivity contribution is -0.105. The molecule has 7 nitrogen and oxygen atoms in total. The van der Waals surface area contributed by atoms with Crippen LogP contribution in [0, 0.1) is 0 Å². The van der Waals surface area contributed by atoms with Crippen LogP contribution in [0.25, 0.3) is 0 Å². The van der Waals surface area contributed by atoms with Gasteiger partial charge in [-0.1, -0.05) is 11.6 Å². The molecule has 0 bridgehead atoms. The number of hydrogen-bond acceptors (Lipinski definition) is 4. The second-order valence-corrected chi connectivity index (χ2v) is 5.08. The van der Waals surface area contributed by atoms with Crippen LogP contribution in [-0.4, -0.2) is 61.0 Å². The number of carbonyl (C=O) groups excluding carboxylic acids is 3. The fraction of sp³-hybridized carbons (Fsp3) is 0.583. The molecule has 0 aromatic carbocycles. The third-order valence-electron chi connectivity index (χ3n) is 3.58. The number of piperidine rings is 1. The third kappa shape index (κ3) is 2.87. The largest absolute Gasteiger partial charge is 0.453 e. The number of urea groups is 1. The van der Waals surface area contributed by atoms with Gasteiger partial charge in [0.05, 0.1) is 13.7 Å². The number of ether oxygens (including phenoxy) is 1. The van der Waals surface area contributed by atoms with E-state index in [1.807, 2.05) is 0 Å². The maximum Gasteiger partial charge on any atom is 0.409 e. The van der Waals surface area contributed by atoms with Crippen molar-refractivity contribution in [3.63, 3.8) is 0 Å². The summed E-state index contributed by atoms with van der Waals surface area (Å²) in [5.74, 6) is 0. The van der Waals surface area contributed by atoms with Gasteiger partial charge in [0.25, 0.3) is 0 Å². The molecule has 0 atom stereocenters. The normalized spacial score (nSPS) is 20.8. The maximum absolute atomic E-state index is 11.9. The van der Waals surface area contributed by atoms with Gasteiger partial charge in [0.1, 0.15) is 5.16 Å². The number of aldehydes is 1. The summed E-state index contributed by atoms with van der Waals surface area (Å²) < 4.78 is 4.66. The van der Waals surface area contributed by atoms with E-state index in [1.54, 1.807) is 9.80 Å². The molecule has 0 aromatic rings. The average molecular weight is 302 g/mol. The molecule has 2 rings (SSSR count). The second kappa shape index (κ2) is 6.13. The Hall–Kier alpha value is -1.76. The van der Waals surface area contributed by atoms with Gasteiger partial charge in [-0.05, 0) is 12.8 Å². The molecule has 0 aliphatic carbocycles. The van der Waals surface area contributed by atoms with Crippen LogP contribution in [0.15, 0.2) is 10.7 Å². The third-order valence-corrected chi connectivity index (χ3v) is 3.92. The van der Waals surface area contributed by atoms with Gasteiger partial charge in [-0.15, -0.1) is 0 Å². The standard InChI is InChI=1S/C12H16ClN3O4/c1-20-12(19)15-4-2-9(3-5-15)16-6-8(7-17)10(13)14-11(16)18/h7,9H,2-6H2,1H3,(H,14,18). The molecule has 3 amide bonds. The number of carbonyl (C=O) groups is 3. The van der Waals surface area contributed by atoms with E-state index in [0.717, 1.165) is 0 Å². The van der Waals surface area contributed by atoms with Crippen LogP contribution in [0.2, 0.25) is 0 Å². The van der Waals surface area contributed by atoms with Gasteiger partial charge in [0.15, 0.2) is 6.29 Å². The first-order valence-electron chi connectivity index (χ1n) is 6.31. The molecule has 8 heteroatoms. The summed E-state index contributed by atoms with van der Waals surface area (Å²) in [4.78, 5) is 37.4. The van der Waals surface area contributed by atoms with E-state index in [2.05, 4.69) is 10.1 Å². The van der Waals surface area contributed by atoms with Crippen LogP contribution in [0.4, 0.5) is 9.59 Å². The molecule has 2 heterocycles. The Morgan fingerprint density at radius 3 is 2.65 bits per heavy atom. The van der Waals surface area contributed by atoms with Crippen molar-refractivity contribution in [3.05, 3.63) is 10.7 Å². The topological polar surface area (TPSA) is 79.0 Å². The van der Waals surface area contributed by atoms with Crippen molar-refractivity contribution in [2.45, 2.75) is 18.9 Å². The van der Waals surface area contributed by atoms with Crippen molar-refractivity contribution in [2.75, 3.05) is 26.7 Å². The highest BCUT2D eigenvalue weighted by Gasteiger charge is 2.33. The van der Waals surface area contributed by atoms with Gasteiger partial charge in [0, 0.05) is 24.7 Å². The lowest BCUT2D eigenvalue weighted by Gasteiger charge is -2.39. The Kier molecular flexibility index (Phi) is 4.49. The number of methoxy groups -OCH3 is 1. The molecule has 110 valence electrons. The van der Waals surface area contributed by atoms with Crippen molar-refractivity contribution in [1.29, 1.82) is 0 Å². The summed E-state index contributed by atoms with van der Waals surface area (Å²) in [5, 5.41) is 2.56. The van der Waals surface area contributed by atoms with Crippen LogP contribution in [0.1, 0.15) is 12.8 Å². The summed E-state index contributed by atoms with van der Waals surface area (Å²) in [5.41, 5.74) is 0.363. The minimum atomic E-state index is -0.358. The zero-order valence-electron chi connectivity index (χ0n) is 11.1. The van der Waals surface area contributed by atoms with Crippen LogP contribution in [0.3, 0.4) is 0 Å². The first-order valence-corrected chi connectivity index (χ1v) is 6.69. The van der Waals surface area contributed by atoms with Gasteiger partial charge in [-0.25, -0.2) is 9.59 Å². The van der Waals surface area contributed by atoms with Crippen molar-refractivity contribution in [1.82, 2.24) is 15.1 Å². The fourth-order valence-electron chi connectivity index (χ4n) is 2.44. The van der Waals surface area contributed by atoms with E-state index in [4.69, 9.17) is 11.6 Å². The number of nitrogens with one attached hydrogen (secondary N) is 1. The predicted molar refractivity (Wildman–Crippen MR) is 71.2 cm³/mol. The molecule has 1 N–H and O–H groups in total. The molecule has 0 aromatic heterocycles. The van der Waals surface area contributed by atoms with E-state index >= 15 is 0 Å². The highest BCUT2D eigenvalue weighted by Crippen LogP contribution is 2.22. The molecule has 0 spiro atoms. The highest BCUT2D eigenvalue weighted by molar-refractivity contribution is 6.32. The Morgan fingerprint density at radius 1 is 1.45 bits per heavy atom. The molecular weight excluding hydrogens is 286 g/mol. The minimum Gasteiger partial charge on any atom is -0.453 e. The molecule has 2 aliphatic heterocycles. The first kappa shape index (κ1) is 14.6. The van der Waals surface area contributed by atoms with Crippen molar-refractivity contribution >= 4 is 30.0 Å². The van der Waals surface area contributed by atoms with E-state index in [-0.39, 0.29) is 29.9 Å². The molecule has 0 saturated carbocycles. The first-order chi connectivity index (χ1) is 9.56. The molecule has 1 fully saturated rings. The second-order valence-electron chi connectivity index (χ2n) is 4.70. The molecule has 0 unspecified atom stereocenters. The number of likely N-dealkylation sites (tertiary alicyclic amines) is 1. The summed E-state index contributed by atoms with van der Waals surface area (Å²) in [7, 11) is 1.34. The zero-order chi connectivity index (χ0) is 14.7. The fourth-order valence-corrected chi connectivity index (χ4v) is 2.63. The minimum absolute atomic E-state index is 0.0179. The Morgan fingerprint density at radius 2 is 2.10 bits per heavy atom. The van der Waals surface area contributed by atoms with E-state index < -0.39 is 0 Å². The molecule has 1 saturated heterocycles. The van der Waals surface area contributed by atoms with E-state index in [1.165, 1.54) is 7.11 Å².